The number of carbonyl (C=O) groups is 1. The van der Waals surface area contributed by atoms with Gasteiger partial charge in [0.25, 0.3) is 0 Å². The zero-order chi connectivity index (χ0) is 13.5. The second kappa shape index (κ2) is 7.52. The Balaban J connectivity index is 2.43. The van der Waals surface area contributed by atoms with Gasteiger partial charge in [0, 0.05) is 36.7 Å². The third-order valence-electron chi connectivity index (χ3n) is 3.02. The van der Waals surface area contributed by atoms with Crippen molar-refractivity contribution in [2.75, 3.05) is 27.3 Å². The number of benzene rings is 1. The molecule has 18 heavy (non-hydrogen) atoms. The second-order valence-electron chi connectivity index (χ2n) is 4.47. The number of rotatable bonds is 7. The van der Waals surface area contributed by atoms with Crippen LogP contribution in [0.1, 0.15) is 23.7 Å². The van der Waals surface area contributed by atoms with E-state index in [1.54, 1.807) is 31.4 Å². The van der Waals surface area contributed by atoms with E-state index in [1.165, 1.54) is 0 Å². The summed E-state index contributed by atoms with van der Waals surface area (Å²) < 4.78 is 5.09. The molecule has 0 saturated heterocycles. The molecule has 4 heteroatoms. The van der Waals surface area contributed by atoms with Crippen LogP contribution < -0.4 is 0 Å². The molecule has 0 aromatic heterocycles. The fraction of sp³-hybridized carbons (Fsp3) is 0.500. The van der Waals surface area contributed by atoms with E-state index in [0.717, 1.165) is 6.54 Å². The van der Waals surface area contributed by atoms with E-state index in [9.17, 15) is 4.79 Å². The lowest BCUT2D eigenvalue weighted by molar-refractivity contribution is 0.0916. The molecule has 0 saturated carbocycles. The Morgan fingerprint density at radius 2 is 2.00 bits per heavy atom. The second-order valence-corrected chi connectivity index (χ2v) is 4.90. The van der Waals surface area contributed by atoms with Crippen LogP contribution in [0.3, 0.4) is 0 Å². The molecule has 1 aromatic rings. The van der Waals surface area contributed by atoms with Crippen LogP contribution in [-0.2, 0) is 4.74 Å². The summed E-state index contributed by atoms with van der Waals surface area (Å²) in [7, 11) is 3.68. The van der Waals surface area contributed by atoms with Gasteiger partial charge in [-0.1, -0.05) is 11.6 Å². The summed E-state index contributed by atoms with van der Waals surface area (Å²) in [6.07, 6.45) is 0.506. The van der Waals surface area contributed by atoms with Gasteiger partial charge in [-0.05, 0) is 38.2 Å². The fourth-order valence-electron chi connectivity index (χ4n) is 1.65. The van der Waals surface area contributed by atoms with E-state index in [-0.39, 0.29) is 5.78 Å². The normalized spacial score (nSPS) is 12.7. The van der Waals surface area contributed by atoms with Crippen LogP contribution in [0.25, 0.3) is 0 Å². The predicted octanol–water partition coefficient (Wildman–Crippen LogP) is 2.88. The number of carbonyl (C=O) groups excluding carboxylic acids is 1. The zero-order valence-electron chi connectivity index (χ0n) is 11.1. The molecule has 0 aliphatic heterocycles. The SMILES string of the molecule is COCC(C)N(C)CCC(=O)c1ccc(Cl)cc1. The minimum Gasteiger partial charge on any atom is -0.383 e. The first-order valence-corrected chi connectivity index (χ1v) is 6.40. The first kappa shape index (κ1) is 15.2. The molecule has 3 nitrogen and oxygen atoms in total. The van der Waals surface area contributed by atoms with Crippen molar-refractivity contribution in [2.24, 2.45) is 0 Å². The van der Waals surface area contributed by atoms with Gasteiger partial charge in [0.2, 0.25) is 0 Å². The van der Waals surface area contributed by atoms with Crippen LogP contribution in [-0.4, -0.2) is 44.0 Å². The van der Waals surface area contributed by atoms with Crippen LogP contribution in [0, 0.1) is 0 Å². The summed E-state index contributed by atoms with van der Waals surface area (Å²) in [5.41, 5.74) is 0.715. The predicted molar refractivity (Wildman–Crippen MR) is 74.4 cm³/mol. The Labute approximate surface area is 114 Å². The van der Waals surface area contributed by atoms with Crippen LogP contribution in [0.2, 0.25) is 5.02 Å². The van der Waals surface area contributed by atoms with Gasteiger partial charge in [-0.3, -0.25) is 4.79 Å². The molecule has 0 amide bonds. The number of hydrogen-bond acceptors (Lipinski definition) is 3. The molecule has 0 N–H and O–H groups in total. The molecule has 100 valence electrons. The Morgan fingerprint density at radius 1 is 1.39 bits per heavy atom. The molecule has 0 aliphatic rings. The van der Waals surface area contributed by atoms with Crippen molar-refractivity contribution in [3.63, 3.8) is 0 Å². The van der Waals surface area contributed by atoms with Crippen molar-refractivity contribution in [3.05, 3.63) is 34.9 Å². The van der Waals surface area contributed by atoms with Crippen LogP contribution >= 0.6 is 11.6 Å². The number of ketones is 1. The summed E-state index contributed by atoms with van der Waals surface area (Å²) in [6, 6.07) is 7.33. The maximum Gasteiger partial charge on any atom is 0.164 e. The number of methoxy groups -OCH3 is 1. The molecule has 0 radical (unpaired) electrons. The van der Waals surface area contributed by atoms with Gasteiger partial charge in [0.05, 0.1) is 6.61 Å². The highest BCUT2D eigenvalue weighted by Gasteiger charge is 2.11. The van der Waals surface area contributed by atoms with Crippen LogP contribution in [0.5, 0.6) is 0 Å². The van der Waals surface area contributed by atoms with Gasteiger partial charge in [0.15, 0.2) is 5.78 Å². The van der Waals surface area contributed by atoms with Gasteiger partial charge in [0.1, 0.15) is 0 Å². The van der Waals surface area contributed by atoms with E-state index >= 15 is 0 Å². The minimum absolute atomic E-state index is 0.142. The number of hydrogen-bond donors (Lipinski definition) is 0. The van der Waals surface area contributed by atoms with Crippen molar-refractivity contribution in [1.29, 1.82) is 0 Å². The Bertz CT molecular complexity index is 378. The van der Waals surface area contributed by atoms with Crippen molar-refractivity contribution >= 4 is 17.4 Å². The first-order valence-electron chi connectivity index (χ1n) is 6.02. The minimum atomic E-state index is 0.142. The Morgan fingerprint density at radius 3 is 2.56 bits per heavy atom. The number of Topliss-reactive ketones (excluding diaryl/α,β-unsaturated/α-hetero) is 1. The van der Waals surface area contributed by atoms with Crippen molar-refractivity contribution < 1.29 is 9.53 Å². The van der Waals surface area contributed by atoms with Crippen molar-refractivity contribution in [2.45, 2.75) is 19.4 Å². The highest BCUT2D eigenvalue weighted by atomic mass is 35.5. The third kappa shape index (κ3) is 4.77. The Hall–Kier alpha value is -0.900. The van der Waals surface area contributed by atoms with E-state index < -0.39 is 0 Å². The average molecular weight is 270 g/mol. The molecule has 0 bridgehead atoms. The Kier molecular flexibility index (Phi) is 6.33. The highest BCUT2D eigenvalue weighted by Crippen LogP contribution is 2.11. The lowest BCUT2D eigenvalue weighted by atomic mass is 10.1. The maximum absolute atomic E-state index is 11.9. The van der Waals surface area contributed by atoms with Gasteiger partial charge in [-0.15, -0.1) is 0 Å². The van der Waals surface area contributed by atoms with Gasteiger partial charge in [-0.2, -0.15) is 0 Å². The van der Waals surface area contributed by atoms with Crippen LogP contribution in [0.4, 0.5) is 0 Å². The molecule has 1 atom stereocenters. The monoisotopic (exact) mass is 269 g/mol. The number of nitrogens with zero attached hydrogens (tertiary/aromatic N) is 1. The zero-order valence-corrected chi connectivity index (χ0v) is 11.9. The number of ether oxygens (including phenoxy) is 1. The smallest absolute Gasteiger partial charge is 0.164 e. The molecular formula is C14H20ClNO2. The summed E-state index contributed by atoms with van der Waals surface area (Å²) >= 11 is 5.79. The topological polar surface area (TPSA) is 29.5 Å². The fourth-order valence-corrected chi connectivity index (χ4v) is 1.77. The van der Waals surface area contributed by atoms with Gasteiger partial charge in [-0.25, -0.2) is 0 Å². The van der Waals surface area contributed by atoms with Crippen molar-refractivity contribution in [1.82, 2.24) is 4.90 Å². The summed E-state index contributed by atoms with van der Waals surface area (Å²) in [5, 5.41) is 0.650. The molecule has 1 unspecified atom stereocenters. The molecule has 0 fully saturated rings. The molecule has 1 aromatic carbocycles. The standard InChI is InChI=1S/C14H20ClNO2/c1-11(10-18-3)16(2)9-8-14(17)12-4-6-13(15)7-5-12/h4-7,11H,8-10H2,1-3H3. The summed E-state index contributed by atoms with van der Waals surface area (Å²) in [5.74, 6) is 0.142. The van der Waals surface area contributed by atoms with E-state index in [0.29, 0.717) is 29.7 Å². The lowest BCUT2D eigenvalue weighted by Crippen LogP contribution is -2.34. The van der Waals surface area contributed by atoms with E-state index in [2.05, 4.69) is 11.8 Å². The third-order valence-corrected chi connectivity index (χ3v) is 3.27. The molecular weight excluding hydrogens is 250 g/mol. The largest absolute Gasteiger partial charge is 0.383 e. The number of halogens is 1. The van der Waals surface area contributed by atoms with Crippen LogP contribution in [0.15, 0.2) is 24.3 Å². The average Bonchev–Trinajstić information content (AvgIpc) is 2.36. The molecule has 0 aliphatic carbocycles. The molecule has 0 heterocycles. The quantitative estimate of drug-likeness (QED) is 0.713. The summed E-state index contributed by atoms with van der Waals surface area (Å²) in [4.78, 5) is 14.1. The number of likely N-dealkylation sites (N-methyl/N-ethyl adjacent to an activating group) is 1. The highest BCUT2D eigenvalue weighted by molar-refractivity contribution is 6.30. The van der Waals surface area contributed by atoms with Gasteiger partial charge < -0.3 is 9.64 Å². The van der Waals surface area contributed by atoms with E-state index in [1.807, 2.05) is 7.05 Å². The van der Waals surface area contributed by atoms with Gasteiger partial charge >= 0.3 is 0 Å². The summed E-state index contributed by atoms with van der Waals surface area (Å²) in [6.45, 7) is 3.48. The van der Waals surface area contributed by atoms with E-state index in [4.69, 9.17) is 16.3 Å². The lowest BCUT2D eigenvalue weighted by Gasteiger charge is -2.23. The maximum atomic E-state index is 11.9. The molecule has 0 spiro atoms. The first-order chi connectivity index (χ1) is 8.54. The molecule has 1 rings (SSSR count). The van der Waals surface area contributed by atoms with Crippen molar-refractivity contribution in [3.8, 4) is 0 Å².